The van der Waals surface area contributed by atoms with Crippen molar-refractivity contribution in [2.45, 2.75) is 41.0 Å². The number of aryl methyl sites for hydroxylation is 1. The third-order valence-corrected chi connectivity index (χ3v) is 3.56. The zero-order valence-electron chi connectivity index (χ0n) is 16.6. The average Bonchev–Trinajstić information content (AvgIpc) is 2.56. The maximum absolute atomic E-state index is 6.16. The van der Waals surface area contributed by atoms with Crippen LogP contribution in [-0.4, -0.2) is 15.7 Å². The third kappa shape index (κ3) is 8.10. The van der Waals surface area contributed by atoms with Gasteiger partial charge in [0.05, 0.1) is 15.7 Å². The second kappa shape index (κ2) is 15.2. The Balaban J connectivity index is 0. The third-order valence-electron chi connectivity index (χ3n) is 3.56. The summed E-state index contributed by atoms with van der Waals surface area (Å²) in [6.07, 6.45) is 11.9. The van der Waals surface area contributed by atoms with Gasteiger partial charge < -0.3 is 0 Å². The van der Waals surface area contributed by atoms with Crippen molar-refractivity contribution in [2.24, 2.45) is 0 Å². The first-order chi connectivity index (χ1) is 11.6. The van der Waals surface area contributed by atoms with Crippen LogP contribution in [0, 0.1) is 19.1 Å². The molecule has 0 aliphatic heterocycles. The van der Waals surface area contributed by atoms with E-state index in [-0.39, 0.29) is 65.4 Å². The van der Waals surface area contributed by atoms with Gasteiger partial charge in [-0.1, -0.05) is 46.3 Å². The largest absolute Gasteiger partial charge is 0.278 e. The summed E-state index contributed by atoms with van der Waals surface area (Å²) < 4.78 is 0. The van der Waals surface area contributed by atoms with Gasteiger partial charge in [-0.3, -0.25) is 11.5 Å². The number of benzene rings is 2. The van der Waals surface area contributed by atoms with Gasteiger partial charge in [0.25, 0.3) is 0 Å². The zero-order valence-corrected chi connectivity index (χ0v) is 22.2. The molecule has 0 atom stereocenters. The minimum Gasteiger partial charge on any atom is -0.278 e. The normalized spacial score (nSPS) is 11.0. The van der Waals surface area contributed by atoms with Crippen LogP contribution in [0.15, 0.2) is 36.4 Å². The Morgan fingerprint density at radius 1 is 1.12 bits per heavy atom. The summed E-state index contributed by atoms with van der Waals surface area (Å²) in [5, 5.41) is 2.08. The van der Waals surface area contributed by atoms with Crippen molar-refractivity contribution < 1.29 is 65.4 Å². The van der Waals surface area contributed by atoms with Gasteiger partial charge in [0.15, 0.2) is 0 Å². The zero-order chi connectivity index (χ0) is 18.1. The quantitative estimate of drug-likeness (QED) is 0.321. The Morgan fingerprint density at radius 2 is 1.77 bits per heavy atom. The van der Waals surface area contributed by atoms with E-state index < -0.39 is 0 Å². The second-order valence-electron chi connectivity index (χ2n) is 5.26. The molecule has 2 aromatic rings. The Bertz CT molecular complexity index is 775. The van der Waals surface area contributed by atoms with Gasteiger partial charge >= 0.3 is 0 Å². The van der Waals surface area contributed by atoms with Crippen molar-refractivity contribution in [3.8, 4) is 0 Å². The molecule has 0 unspecified atom stereocenters. The maximum Gasteiger partial charge on any atom is 0.0859 e. The molecule has 0 bridgehead atoms. The molecular formula is C22H24B2Y2-2. The molecule has 0 saturated carbocycles. The van der Waals surface area contributed by atoms with Gasteiger partial charge in [0.2, 0.25) is 0 Å². The fraction of sp³-hybridized carbons (Fsp3) is 0.273. The van der Waals surface area contributed by atoms with Crippen LogP contribution in [-0.2, 0) is 65.4 Å². The number of hydrogen-bond donors (Lipinski definition) is 0. The van der Waals surface area contributed by atoms with Crippen LogP contribution >= 0.6 is 0 Å². The van der Waals surface area contributed by atoms with E-state index in [0.29, 0.717) is 17.4 Å². The molecule has 2 rings (SSSR count). The molecule has 26 heavy (non-hydrogen) atoms. The van der Waals surface area contributed by atoms with Crippen molar-refractivity contribution in [1.82, 2.24) is 0 Å². The summed E-state index contributed by atoms with van der Waals surface area (Å²) in [7, 11) is 12.3. The summed E-state index contributed by atoms with van der Waals surface area (Å²) >= 11 is 0. The maximum atomic E-state index is 6.16. The molecule has 0 spiro atoms. The van der Waals surface area contributed by atoms with E-state index in [1.807, 2.05) is 58.1 Å². The molecule has 6 radical (unpaired) electrons. The second-order valence-corrected chi connectivity index (χ2v) is 5.26. The van der Waals surface area contributed by atoms with E-state index in [2.05, 4.69) is 31.2 Å². The first-order valence-electron chi connectivity index (χ1n) is 8.43. The van der Waals surface area contributed by atoms with Crippen LogP contribution in [0.2, 0.25) is 0 Å². The Hall–Kier alpha value is 0.258. The smallest absolute Gasteiger partial charge is 0.0859 e. The van der Waals surface area contributed by atoms with Crippen molar-refractivity contribution in [2.75, 3.05) is 0 Å². The minimum atomic E-state index is 0. The topological polar surface area (TPSA) is 0 Å². The molecule has 0 aromatic heterocycles. The van der Waals surface area contributed by atoms with Gasteiger partial charge in [-0.2, -0.15) is 28.7 Å². The van der Waals surface area contributed by atoms with Crippen LogP contribution < -0.4 is 5.46 Å². The van der Waals surface area contributed by atoms with E-state index in [9.17, 15) is 0 Å². The molecule has 0 aliphatic carbocycles. The van der Waals surface area contributed by atoms with Crippen LogP contribution in [0.5, 0.6) is 0 Å². The van der Waals surface area contributed by atoms with Crippen LogP contribution in [0.4, 0.5) is 0 Å². The van der Waals surface area contributed by atoms with Crippen molar-refractivity contribution in [3.63, 3.8) is 0 Å². The number of hydrogen-bond acceptors (Lipinski definition) is 0. The molecule has 126 valence electrons. The summed E-state index contributed by atoms with van der Waals surface area (Å²) in [5.41, 5.74) is 4.40. The van der Waals surface area contributed by atoms with Crippen LogP contribution in [0.25, 0.3) is 22.3 Å². The molecule has 4 heteroatoms. The number of fused-ring (bicyclic) bond motifs is 1. The SMILES string of the molecule is CC.[B]C(=[C-]C/C=C\C)c1cc2c([B])[c-]c(/C=C\C)cc2cc1C.[Y].[Y]. The van der Waals surface area contributed by atoms with E-state index >= 15 is 0 Å². The molecule has 0 amide bonds. The van der Waals surface area contributed by atoms with Crippen LogP contribution in [0.3, 0.4) is 0 Å². The van der Waals surface area contributed by atoms with E-state index in [1.54, 1.807) is 0 Å². The Morgan fingerprint density at radius 3 is 2.35 bits per heavy atom. The van der Waals surface area contributed by atoms with Crippen LogP contribution in [0.1, 0.15) is 50.8 Å². The summed E-state index contributed by atoms with van der Waals surface area (Å²) in [6.45, 7) is 10.0. The minimum absolute atomic E-state index is 0. The van der Waals surface area contributed by atoms with Gasteiger partial charge in [-0.05, 0) is 6.92 Å². The van der Waals surface area contributed by atoms with Crippen molar-refractivity contribution in [1.29, 1.82) is 0 Å². The van der Waals surface area contributed by atoms with Crippen molar-refractivity contribution in [3.05, 3.63) is 65.3 Å². The standard InChI is InChI=1S/C20H18B2.C2H6.2Y/c1-4-6-7-9-19(21)17-13-18-16(10-14(17)3)11-15(8-5-2)12-20(18)22;1-2;;/h4-6,8,10-11,13H,7H2,1-3H3;1-2H3;;/q-2;;;/b6-4-,8-5-;;;. The summed E-state index contributed by atoms with van der Waals surface area (Å²) in [6, 6.07) is 9.44. The first-order valence-corrected chi connectivity index (χ1v) is 8.43. The molecule has 0 fully saturated rings. The van der Waals surface area contributed by atoms with E-state index in [4.69, 9.17) is 15.7 Å². The Labute approximate surface area is 213 Å². The molecule has 0 saturated heterocycles. The van der Waals surface area contributed by atoms with Gasteiger partial charge in [-0.25, -0.2) is 0 Å². The first kappa shape index (κ1) is 28.5. The fourth-order valence-corrected chi connectivity index (χ4v) is 2.45. The molecule has 0 N–H and O–H groups in total. The predicted molar refractivity (Wildman–Crippen MR) is 111 cm³/mol. The average molecular weight is 488 g/mol. The van der Waals surface area contributed by atoms with E-state index in [1.165, 1.54) is 0 Å². The van der Waals surface area contributed by atoms with Gasteiger partial charge in [0, 0.05) is 65.4 Å². The number of rotatable bonds is 4. The van der Waals surface area contributed by atoms with E-state index in [0.717, 1.165) is 27.5 Å². The summed E-state index contributed by atoms with van der Waals surface area (Å²) in [5.74, 6) is 0. The predicted octanol–water partition coefficient (Wildman–Crippen LogP) is 5.08. The molecular weight excluding hydrogens is 464 g/mol. The van der Waals surface area contributed by atoms with Gasteiger partial charge in [0.1, 0.15) is 0 Å². The summed E-state index contributed by atoms with van der Waals surface area (Å²) in [4.78, 5) is 0. The number of allylic oxidation sites excluding steroid dienone is 4. The van der Waals surface area contributed by atoms with Crippen molar-refractivity contribution >= 4 is 43.5 Å². The van der Waals surface area contributed by atoms with Gasteiger partial charge in [-0.15, -0.1) is 40.6 Å². The molecule has 0 aliphatic rings. The fourth-order valence-electron chi connectivity index (χ4n) is 2.45. The Kier molecular flexibility index (Phi) is 16.7. The molecule has 2 aromatic carbocycles. The molecule has 0 heterocycles. The molecule has 0 nitrogen and oxygen atoms in total. The monoisotopic (exact) mass is 488 g/mol.